The molecule has 3 atom stereocenters. The van der Waals surface area contributed by atoms with Gasteiger partial charge in [-0.25, -0.2) is 4.79 Å². The van der Waals surface area contributed by atoms with Crippen LogP contribution in [0.15, 0.2) is 15.8 Å². The van der Waals surface area contributed by atoms with E-state index in [1.807, 2.05) is 0 Å². The van der Waals surface area contributed by atoms with Gasteiger partial charge in [0.2, 0.25) is 8.32 Å². The van der Waals surface area contributed by atoms with Gasteiger partial charge in [-0.3, -0.25) is 14.3 Å². The third-order valence-corrected chi connectivity index (χ3v) is 12.0. The van der Waals surface area contributed by atoms with Crippen LogP contribution in [-0.2, 0) is 9.16 Å². The van der Waals surface area contributed by atoms with Crippen LogP contribution in [0, 0.1) is 6.92 Å². The van der Waals surface area contributed by atoms with Gasteiger partial charge in [-0.15, -0.1) is 0 Å². The number of aromatic nitrogens is 2. The number of nitrogens with zero attached hydrogens (tertiary/aromatic N) is 1. The average Bonchev–Trinajstić information content (AvgIpc) is 2.97. The lowest BCUT2D eigenvalue weighted by molar-refractivity contribution is -0.0443. The summed E-state index contributed by atoms with van der Waals surface area (Å²) in [7, 11) is -2.15. The van der Waals surface area contributed by atoms with Gasteiger partial charge in [0.05, 0.1) is 12.7 Å². The molecule has 0 amide bonds. The molecule has 1 aromatic rings. The van der Waals surface area contributed by atoms with Gasteiger partial charge < -0.3 is 14.3 Å². The highest BCUT2D eigenvalue weighted by atomic mass is 28.4. The van der Waals surface area contributed by atoms with Crippen molar-refractivity contribution >= 4 is 8.32 Å². The maximum atomic E-state index is 12.2. The van der Waals surface area contributed by atoms with E-state index in [9.17, 15) is 14.7 Å². The van der Waals surface area contributed by atoms with Crippen molar-refractivity contribution in [3.8, 4) is 0 Å². The summed E-state index contributed by atoms with van der Waals surface area (Å²) in [5, 5.41) is 9.85. The van der Waals surface area contributed by atoms with Gasteiger partial charge in [-0.2, -0.15) is 0 Å². The van der Waals surface area contributed by atoms with Gasteiger partial charge in [0.1, 0.15) is 12.3 Å². The molecule has 0 aliphatic carbocycles. The van der Waals surface area contributed by atoms with E-state index in [0.29, 0.717) is 28.6 Å². The summed E-state index contributed by atoms with van der Waals surface area (Å²) in [6.45, 7) is 14.7. The van der Waals surface area contributed by atoms with Crippen LogP contribution in [0.1, 0.15) is 59.8 Å². The Kier molecular flexibility index (Phi) is 6.89. The molecule has 0 bridgehead atoms. The van der Waals surface area contributed by atoms with Crippen molar-refractivity contribution in [2.24, 2.45) is 0 Å². The Morgan fingerprint density at radius 1 is 1.22 bits per heavy atom. The van der Waals surface area contributed by atoms with Crippen LogP contribution < -0.4 is 11.2 Å². The molecule has 154 valence electrons. The van der Waals surface area contributed by atoms with E-state index in [1.165, 1.54) is 10.8 Å². The molecule has 1 aliphatic heterocycles. The minimum Gasteiger partial charge on any atom is -0.410 e. The fourth-order valence-corrected chi connectivity index (χ4v) is 10.2. The first-order chi connectivity index (χ1) is 12.5. The summed E-state index contributed by atoms with van der Waals surface area (Å²) in [5.74, 6) is 0. The molecule has 0 saturated carbocycles. The van der Waals surface area contributed by atoms with Crippen LogP contribution in [0.3, 0.4) is 0 Å². The number of hydrogen-bond donors (Lipinski definition) is 2. The summed E-state index contributed by atoms with van der Waals surface area (Å²) < 4.78 is 14.2. The molecular weight excluding hydrogens is 364 g/mol. The van der Waals surface area contributed by atoms with Crippen molar-refractivity contribution in [3.05, 3.63) is 32.6 Å². The van der Waals surface area contributed by atoms with Crippen LogP contribution in [-0.4, -0.2) is 41.8 Å². The normalized spacial score (nSPS) is 23.7. The van der Waals surface area contributed by atoms with Gasteiger partial charge in [0, 0.05) is 18.2 Å². The average molecular weight is 399 g/mol. The number of ether oxygens (including phenoxy) is 1. The Morgan fingerprint density at radius 3 is 2.26 bits per heavy atom. The first kappa shape index (κ1) is 22.1. The third kappa shape index (κ3) is 4.13. The lowest BCUT2D eigenvalue weighted by atomic mass is 10.2. The van der Waals surface area contributed by atoms with Gasteiger partial charge in [0.25, 0.3) is 5.56 Å². The number of H-pyrrole nitrogens is 1. The van der Waals surface area contributed by atoms with Crippen LogP contribution >= 0.6 is 0 Å². The van der Waals surface area contributed by atoms with Gasteiger partial charge in [-0.1, -0.05) is 41.5 Å². The van der Waals surface area contributed by atoms with Crippen LogP contribution in [0.2, 0.25) is 16.6 Å². The molecule has 0 aromatic carbocycles. The fraction of sp³-hybridized carbons (Fsp3) is 0.789. The molecule has 0 unspecified atom stereocenters. The zero-order valence-electron chi connectivity index (χ0n) is 17.5. The van der Waals surface area contributed by atoms with Crippen molar-refractivity contribution in [2.75, 3.05) is 6.61 Å². The number of rotatable bonds is 7. The minimum atomic E-state index is -2.15. The van der Waals surface area contributed by atoms with E-state index in [0.717, 1.165) is 0 Å². The van der Waals surface area contributed by atoms with E-state index in [4.69, 9.17) is 9.16 Å². The number of nitrogens with one attached hydrogen (secondary N) is 1. The smallest absolute Gasteiger partial charge is 0.330 e. The molecule has 2 rings (SSSR count). The molecule has 1 aromatic heterocycles. The first-order valence-corrected chi connectivity index (χ1v) is 11.9. The quantitative estimate of drug-likeness (QED) is 0.689. The maximum absolute atomic E-state index is 12.2. The largest absolute Gasteiger partial charge is 0.410 e. The van der Waals surface area contributed by atoms with Crippen molar-refractivity contribution in [2.45, 2.75) is 89.9 Å². The fourth-order valence-electron chi connectivity index (χ4n) is 4.63. The Balaban J connectivity index is 2.35. The van der Waals surface area contributed by atoms with Crippen molar-refractivity contribution in [3.63, 3.8) is 0 Å². The lowest BCUT2D eigenvalue weighted by Crippen LogP contribution is -2.51. The molecule has 1 fully saturated rings. The molecule has 27 heavy (non-hydrogen) atoms. The summed E-state index contributed by atoms with van der Waals surface area (Å²) >= 11 is 0. The summed E-state index contributed by atoms with van der Waals surface area (Å²) in [6.07, 6.45) is 0.654. The Morgan fingerprint density at radius 2 is 1.78 bits per heavy atom. The molecule has 1 aliphatic rings. The first-order valence-electron chi connectivity index (χ1n) is 9.80. The molecule has 2 heterocycles. The third-order valence-electron chi connectivity index (χ3n) is 5.88. The number of hydrogen-bond acceptors (Lipinski definition) is 5. The summed E-state index contributed by atoms with van der Waals surface area (Å²) in [6, 6.07) is 0. The summed E-state index contributed by atoms with van der Waals surface area (Å²) in [5.41, 5.74) is 0.773. The SMILES string of the molecule is Cc1cn([C@H]2C[C@H](O[Si](C(C)C)(C(C)C)C(C)C)[C@@H](CO)O2)c(=O)[nH]c1=O. The number of aliphatic hydroxyl groups is 1. The maximum Gasteiger partial charge on any atom is 0.330 e. The highest BCUT2D eigenvalue weighted by molar-refractivity contribution is 6.77. The zero-order valence-corrected chi connectivity index (χ0v) is 18.5. The standard InChI is InChI=1S/C19H34N2O5Si/c1-11(2)27(12(3)4,13(5)6)26-15-8-17(25-16(15)10-22)21-9-14(7)18(23)20-19(21)24/h9,11-13,15-17,22H,8,10H2,1-7H3,(H,20,23,24)/t15-,16+,17+/m0/s1. The predicted octanol–water partition coefficient (Wildman–Crippen LogP) is 2.69. The van der Waals surface area contributed by atoms with Crippen LogP contribution in [0.4, 0.5) is 0 Å². The van der Waals surface area contributed by atoms with Gasteiger partial charge in [0.15, 0.2) is 0 Å². The predicted molar refractivity (Wildman–Crippen MR) is 108 cm³/mol. The topological polar surface area (TPSA) is 93.6 Å². The Bertz CT molecular complexity index is 733. The van der Waals surface area contributed by atoms with Crippen LogP contribution in [0.5, 0.6) is 0 Å². The molecule has 0 spiro atoms. The van der Waals surface area contributed by atoms with E-state index in [1.54, 1.807) is 6.92 Å². The van der Waals surface area contributed by atoms with Crippen molar-refractivity contribution in [1.29, 1.82) is 0 Å². The second kappa shape index (κ2) is 8.42. The molecule has 0 radical (unpaired) electrons. The molecule has 7 nitrogen and oxygen atoms in total. The van der Waals surface area contributed by atoms with Crippen molar-refractivity contribution in [1.82, 2.24) is 9.55 Å². The summed E-state index contributed by atoms with van der Waals surface area (Å²) in [4.78, 5) is 26.2. The number of aliphatic hydroxyl groups excluding tert-OH is 1. The Hall–Kier alpha value is -1.22. The zero-order chi connectivity index (χ0) is 20.5. The van der Waals surface area contributed by atoms with Gasteiger partial charge in [-0.05, 0) is 23.5 Å². The molecule has 1 saturated heterocycles. The van der Waals surface area contributed by atoms with E-state index in [2.05, 4.69) is 46.5 Å². The monoisotopic (exact) mass is 398 g/mol. The molecule has 8 heteroatoms. The van der Waals surface area contributed by atoms with Crippen molar-refractivity contribution < 1.29 is 14.3 Å². The highest BCUT2D eigenvalue weighted by Gasteiger charge is 2.50. The number of aromatic amines is 1. The van der Waals surface area contributed by atoms with E-state index >= 15 is 0 Å². The minimum absolute atomic E-state index is 0.170. The van der Waals surface area contributed by atoms with Crippen LogP contribution in [0.25, 0.3) is 0 Å². The lowest BCUT2D eigenvalue weighted by Gasteiger charge is -2.44. The number of aryl methyl sites for hydroxylation is 1. The molecule has 2 N–H and O–H groups in total. The second-order valence-electron chi connectivity index (χ2n) is 8.50. The Labute approximate surface area is 161 Å². The van der Waals surface area contributed by atoms with Gasteiger partial charge >= 0.3 is 5.69 Å². The van der Waals surface area contributed by atoms with E-state index in [-0.39, 0.29) is 12.7 Å². The van der Waals surface area contributed by atoms with E-state index < -0.39 is 31.9 Å². The molecular formula is C19H34N2O5Si. The highest BCUT2D eigenvalue weighted by Crippen LogP contribution is 2.45. The second-order valence-corrected chi connectivity index (χ2v) is 13.9.